The molecule has 1 heterocycles. The Balaban J connectivity index is 2.09. The highest BCUT2D eigenvalue weighted by atomic mass is 15.6. The summed E-state index contributed by atoms with van der Waals surface area (Å²) < 4.78 is 1.90. The second kappa shape index (κ2) is 7.05. The van der Waals surface area contributed by atoms with E-state index in [1.54, 1.807) is 0 Å². The minimum absolute atomic E-state index is 0.377. The van der Waals surface area contributed by atoms with Crippen LogP contribution >= 0.6 is 0 Å². The summed E-state index contributed by atoms with van der Waals surface area (Å²) in [7, 11) is 0. The highest BCUT2D eigenvalue weighted by Crippen LogP contribution is 2.30. The quantitative estimate of drug-likeness (QED) is 0.731. The van der Waals surface area contributed by atoms with Gasteiger partial charge in [0, 0.05) is 5.69 Å². The van der Waals surface area contributed by atoms with Crippen LogP contribution in [0.15, 0.2) is 48.5 Å². The Bertz CT molecular complexity index is 840. The molecule has 0 saturated heterocycles. The van der Waals surface area contributed by atoms with E-state index < -0.39 is 0 Å². The monoisotopic (exact) mass is 335 g/mol. The molecule has 130 valence electrons. The van der Waals surface area contributed by atoms with Crippen LogP contribution in [0.25, 0.3) is 5.69 Å². The van der Waals surface area contributed by atoms with Crippen LogP contribution in [0.2, 0.25) is 0 Å². The molecule has 1 atom stereocenters. The molecule has 0 unspecified atom stereocenters. The maximum atomic E-state index is 4.39. The molecule has 0 spiro atoms. The number of rotatable bonds is 6. The number of nitrogens with one attached hydrogen (secondary N) is 1. The van der Waals surface area contributed by atoms with Gasteiger partial charge in [-0.1, -0.05) is 50.2 Å². The third-order valence-corrected chi connectivity index (χ3v) is 4.78. The summed E-state index contributed by atoms with van der Waals surface area (Å²) in [4.78, 5) is 0. The standard InChI is InChI=1S/C20H25N5/c1-5-16-12-10-11-15(3)18(16)25-19(22-23-24-25)20(4,6-2)21-17-13-8-7-9-14-17/h7-14,21H,5-6H2,1-4H3/t20-/m0/s1. The van der Waals surface area contributed by atoms with Gasteiger partial charge in [-0.3, -0.25) is 0 Å². The zero-order valence-corrected chi connectivity index (χ0v) is 15.3. The van der Waals surface area contributed by atoms with E-state index >= 15 is 0 Å². The molecule has 0 saturated carbocycles. The van der Waals surface area contributed by atoms with Crippen molar-refractivity contribution in [2.24, 2.45) is 0 Å². The third-order valence-electron chi connectivity index (χ3n) is 4.78. The second-order valence-electron chi connectivity index (χ2n) is 6.53. The molecule has 5 nitrogen and oxygen atoms in total. The smallest absolute Gasteiger partial charge is 0.181 e. The van der Waals surface area contributed by atoms with Crippen molar-refractivity contribution in [3.05, 3.63) is 65.5 Å². The molecule has 2 aromatic carbocycles. The molecule has 0 radical (unpaired) electrons. The predicted octanol–water partition coefficient (Wildman–Crippen LogP) is 4.27. The van der Waals surface area contributed by atoms with Gasteiger partial charge in [-0.15, -0.1) is 5.10 Å². The van der Waals surface area contributed by atoms with Crippen molar-refractivity contribution in [3.63, 3.8) is 0 Å². The Hall–Kier alpha value is -2.69. The summed E-state index contributed by atoms with van der Waals surface area (Å²) in [5.74, 6) is 0.822. The van der Waals surface area contributed by atoms with Crippen LogP contribution < -0.4 is 5.32 Å². The van der Waals surface area contributed by atoms with E-state index in [9.17, 15) is 0 Å². The van der Waals surface area contributed by atoms with Gasteiger partial charge >= 0.3 is 0 Å². The maximum absolute atomic E-state index is 4.39. The summed E-state index contributed by atoms with van der Waals surface area (Å²) in [5, 5.41) is 16.3. The van der Waals surface area contributed by atoms with Crippen LogP contribution in [0.3, 0.4) is 0 Å². The molecular formula is C20H25N5. The largest absolute Gasteiger partial charge is 0.373 e. The van der Waals surface area contributed by atoms with Crippen molar-refractivity contribution < 1.29 is 0 Å². The van der Waals surface area contributed by atoms with Crippen LogP contribution in [0.4, 0.5) is 5.69 Å². The van der Waals surface area contributed by atoms with Crippen molar-refractivity contribution in [2.75, 3.05) is 5.32 Å². The number of nitrogens with zero attached hydrogens (tertiary/aromatic N) is 4. The fourth-order valence-corrected chi connectivity index (χ4v) is 3.13. The first kappa shape index (κ1) is 17.1. The molecule has 5 heteroatoms. The highest BCUT2D eigenvalue weighted by molar-refractivity contribution is 5.50. The lowest BCUT2D eigenvalue weighted by Crippen LogP contribution is -2.34. The lowest BCUT2D eigenvalue weighted by Gasteiger charge is -2.30. The Kier molecular flexibility index (Phi) is 4.83. The molecule has 0 aliphatic heterocycles. The lowest BCUT2D eigenvalue weighted by atomic mass is 9.96. The van der Waals surface area contributed by atoms with Crippen molar-refractivity contribution in [3.8, 4) is 5.69 Å². The average molecular weight is 335 g/mol. The first-order chi connectivity index (χ1) is 12.1. The van der Waals surface area contributed by atoms with Gasteiger partial charge in [-0.05, 0) is 60.4 Å². The van der Waals surface area contributed by atoms with Gasteiger partial charge in [0.1, 0.15) is 0 Å². The van der Waals surface area contributed by atoms with Gasteiger partial charge in [-0.2, -0.15) is 4.68 Å². The molecule has 1 aromatic heterocycles. The molecule has 0 fully saturated rings. The second-order valence-corrected chi connectivity index (χ2v) is 6.53. The molecule has 3 aromatic rings. The van der Waals surface area contributed by atoms with Crippen LogP contribution in [-0.2, 0) is 12.0 Å². The SMILES string of the molecule is CCc1cccc(C)c1-n1nnnc1[C@](C)(CC)Nc1ccccc1. The average Bonchev–Trinajstić information content (AvgIpc) is 3.12. The summed E-state index contributed by atoms with van der Waals surface area (Å²) in [6, 6.07) is 16.5. The van der Waals surface area contributed by atoms with Gasteiger partial charge in [0.25, 0.3) is 0 Å². The highest BCUT2D eigenvalue weighted by Gasteiger charge is 2.32. The number of aryl methyl sites for hydroxylation is 2. The van der Waals surface area contributed by atoms with E-state index in [4.69, 9.17) is 0 Å². The Morgan fingerprint density at radius 3 is 2.48 bits per heavy atom. The van der Waals surface area contributed by atoms with Crippen molar-refractivity contribution >= 4 is 5.69 Å². The van der Waals surface area contributed by atoms with Crippen molar-refractivity contribution in [1.29, 1.82) is 0 Å². The van der Waals surface area contributed by atoms with Crippen molar-refractivity contribution in [2.45, 2.75) is 46.1 Å². The zero-order chi connectivity index (χ0) is 17.9. The maximum Gasteiger partial charge on any atom is 0.181 e. The van der Waals surface area contributed by atoms with Gasteiger partial charge in [-0.25, -0.2) is 0 Å². The van der Waals surface area contributed by atoms with Crippen molar-refractivity contribution in [1.82, 2.24) is 20.2 Å². The Morgan fingerprint density at radius 1 is 1.04 bits per heavy atom. The number of hydrogen-bond donors (Lipinski definition) is 1. The minimum atomic E-state index is -0.377. The Morgan fingerprint density at radius 2 is 1.80 bits per heavy atom. The van der Waals surface area contributed by atoms with E-state index in [0.717, 1.165) is 30.0 Å². The van der Waals surface area contributed by atoms with Crippen LogP contribution in [-0.4, -0.2) is 20.2 Å². The molecule has 0 bridgehead atoms. The molecule has 0 aliphatic carbocycles. The normalized spacial score (nSPS) is 13.4. The Labute approximate surface area is 149 Å². The van der Waals surface area contributed by atoms with Gasteiger partial charge in [0.05, 0.1) is 11.2 Å². The van der Waals surface area contributed by atoms with Crippen LogP contribution in [0.1, 0.15) is 44.1 Å². The van der Waals surface area contributed by atoms with E-state index in [0.29, 0.717) is 0 Å². The fourth-order valence-electron chi connectivity index (χ4n) is 3.13. The summed E-state index contributed by atoms with van der Waals surface area (Å²) in [6.45, 7) is 8.55. The molecule has 1 N–H and O–H groups in total. The van der Waals surface area contributed by atoms with Gasteiger partial charge in [0.2, 0.25) is 0 Å². The third kappa shape index (κ3) is 3.27. The lowest BCUT2D eigenvalue weighted by molar-refractivity contribution is 0.474. The molecule has 25 heavy (non-hydrogen) atoms. The summed E-state index contributed by atoms with van der Waals surface area (Å²) in [5.41, 5.74) is 4.18. The van der Waals surface area contributed by atoms with E-state index in [2.05, 4.69) is 78.9 Å². The first-order valence-electron chi connectivity index (χ1n) is 8.80. The van der Waals surface area contributed by atoms with E-state index in [-0.39, 0.29) is 5.54 Å². The summed E-state index contributed by atoms with van der Waals surface area (Å²) >= 11 is 0. The summed E-state index contributed by atoms with van der Waals surface area (Å²) in [6.07, 6.45) is 1.79. The molecular weight excluding hydrogens is 310 g/mol. The number of para-hydroxylation sites is 2. The van der Waals surface area contributed by atoms with Gasteiger partial charge < -0.3 is 5.32 Å². The first-order valence-corrected chi connectivity index (χ1v) is 8.80. The fraction of sp³-hybridized carbons (Fsp3) is 0.350. The number of aromatic nitrogens is 4. The predicted molar refractivity (Wildman–Crippen MR) is 101 cm³/mol. The van der Waals surface area contributed by atoms with Crippen LogP contribution in [0, 0.1) is 6.92 Å². The minimum Gasteiger partial charge on any atom is -0.373 e. The number of hydrogen-bond acceptors (Lipinski definition) is 4. The van der Waals surface area contributed by atoms with Crippen LogP contribution in [0.5, 0.6) is 0 Å². The topological polar surface area (TPSA) is 55.6 Å². The molecule has 3 rings (SSSR count). The number of anilines is 1. The number of tetrazole rings is 1. The molecule has 0 amide bonds. The van der Waals surface area contributed by atoms with E-state index in [1.165, 1.54) is 11.1 Å². The zero-order valence-electron chi connectivity index (χ0n) is 15.3. The molecule has 0 aliphatic rings. The van der Waals surface area contributed by atoms with E-state index in [1.807, 2.05) is 22.9 Å². The number of benzene rings is 2. The van der Waals surface area contributed by atoms with Gasteiger partial charge in [0.15, 0.2) is 5.82 Å².